The fourth-order valence-electron chi connectivity index (χ4n) is 3.09. The van der Waals surface area contributed by atoms with Gasteiger partial charge >= 0.3 is 0 Å². The number of fused-ring (bicyclic) bond motifs is 1. The van der Waals surface area contributed by atoms with E-state index < -0.39 is 0 Å². The van der Waals surface area contributed by atoms with Crippen LogP contribution >= 0.6 is 11.7 Å². The third-order valence-corrected chi connectivity index (χ3v) is 5.04. The number of carbonyl (C=O) groups excluding carboxylic acids is 1. The van der Waals surface area contributed by atoms with Gasteiger partial charge in [-0.1, -0.05) is 6.07 Å². The number of nitrogens with zero attached hydrogens (tertiary/aromatic N) is 5. The molecule has 0 radical (unpaired) electrons. The van der Waals surface area contributed by atoms with E-state index >= 15 is 0 Å². The summed E-state index contributed by atoms with van der Waals surface area (Å²) in [6, 6.07) is 11.6. The molecule has 1 aromatic carbocycles. The summed E-state index contributed by atoms with van der Waals surface area (Å²) in [6.07, 6.45) is 1.83. The van der Waals surface area contributed by atoms with Gasteiger partial charge in [0.25, 0.3) is 0 Å². The average molecular weight is 368 g/mol. The van der Waals surface area contributed by atoms with Crippen LogP contribution in [0.25, 0.3) is 11.0 Å². The van der Waals surface area contributed by atoms with Gasteiger partial charge in [-0.3, -0.25) is 19.6 Å². The van der Waals surface area contributed by atoms with Gasteiger partial charge in [-0.05, 0) is 30.3 Å². The summed E-state index contributed by atoms with van der Waals surface area (Å²) in [5.41, 5.74) is 3.53. The van der Waals surface area contributed by atoms with Crippen LogP contribution in [-0.4, -0.2) is 62.2 Å². The standard InChI is InChI=1S/C18H20N6OS/c25-18(20-14-4-5-16-17(11-14)22-26-21-16)13-24-9-7-23(8-10-24)12-15-3-1-2-6-19-15/h1-6,11H,7-10,12-13H2,(H,20,25). The van der Waals surface area contributed by atoms with E-state index in [-0.39, 0.29) is 5.91 Å². The van der Waals surface area contributed by atoms with E-state index in [4.69, 9.17) is 0 Å². The maximum Gasteiger partial charge on any atom is 0.238 e. The van der Waals surface area contributed by atoms with Crippen molar-refractivity contribution in [2.45, 2.75) is 6.54 Å². The minimum Gasteiger partial charge on any atom is -0.325 e. The molecule has 8 heteroatoms. The largest absolute Gasteiger partial charge is 0.325 e. The van der Waals surface area contributed by atoms with E-state index in [0.717, 1.165) is 55.1 Å². The zero-order valence-electron chi connectivity index (χ0n) is 14.3. The molecule has 0 saturated carbocycles. The third kappa shape index (κ3) is 4.21. The molecule has 1 aliphatic heterocycles. The van der Waals surface area contributed by atoms with Gasteiger partial charge in [0.15, 0.2) is 0 Å². The molecule has 0 aliphatic carbocycles. The molecule has 3 aromatic rings. The molecule has 134 valence electrons. The van der Waals surface area contributed by atoms with Crippen LogP contribution in [0.1, 0.15) is 5.69 Å². The van der Waals surface area contributed by atoms with Gasteiger partial charge < -0.3 is 5.32 Å². The van der Waals surface area contributed by atoms with Crippen molar-refractivity contribution in [3.05, 3.63) is 48.3 Å². The molecule has 3 heterocycles. The number of nitrogens with one attached hydrogen (secondary N) is 1. The van der Waals surface area contributed by atoms with Crippen molar-refractivity contribution in [2.24, 2.45) is 0 Å². The first-order chi connectivity index (χ1) is 12.8. The van der Waals surface area contributed by atoms with E-state index in [1.54, 1.807) is 0 Å². The highest BCUT2D eigenvalue weighted by molar-refractivity contribution is 7.00. The molecule has 1 aliphatic rings. The Morgan fingerprint density at radius 2 is 1.85 bits per heavy atom. The number of anilines is 1. The van der Waals surface area contributed by atoms with Crippen molar-refractivity contribution >= 4 is 34.4 Å². The lowest BCUT2D eigenvalue weighted by Crippen LogP contribution is -2.48. The Hall–Kier alpha value is -2.42. The molecule has 7 nitrogen and oxygen atoms in total. The molecule has 0 bridgehead atoms. The number of benzene rings is 1. The van der Waals surface area contributed by atoms with Gasteiger partial charge in [0, 0.05) is 44.6 Å². The molecule has 2 aromatic heterocycles. The minimum atomic E-state index is 0.00529. The third-order valence-electron chi connectivity index (χ3n) is 4.48. The maximum atomic E-state index is 12.3. The normalized spacial score (nSPS) is 16.0. The van der Waals surface area contributed by atoms with Crippen LogP contribution in [0, 0.1) is 0 Å². The van der Waals surface area contributed by atoms with Crippen molar-refractivity contribution < 1.29 is 4.79 Å². The lowest BCUT2D eigenvalue weighted by molar-refractivity contribution is -0.117. The molecular formula is C18H20N6OS. The van der Waals surface area contributed by atoms with Crippen LogP contribution in [0.4, 0.5) is 5.69 Å². The quantitative estimate of drug-likeness (QED) is 0.741. The Labute approximate surface area is 156 Å². The van der Waals surface area contributed by atoms with Gasteiger partial charge in [-0.25, -0.2) is 0 Å². The lowest BCUT2D eigenvalue weighted by Gasteiger charge is -2.34. The van der Waals surface area contributed by atoms with E-state index in [1.165, 1.54) is 11.7 Å². The number of rotatable bonds is 5. The first-order valence-corrected chi connectivity index (χ1v) is 9.36. The summed E-state index contributed by atoms with van der Waals surface area (Å²) in [5, 5.41) is 2.95. The smallest absolute Gasteiger partial charge is 0.238 e. The van der Waals surface area contributed by atoms with Crippen molar-refractivity contribution in [2.75, 3.05) is 38.0 Å². The lowest BCUT2D eigenvalue weighted by atomic mass is 10.2. The van der Waals surface area contributed by atoms with Crippen molar-refractivity contribution in [1.29, 1.82) is 0 Å². The Bertz CT molecular complexity index is 876. The second-order valence-electron chi connectivity index (χ2n) is 6.39. The summed E-state index contributed by atoms with van der Waals surface area (Å²) in [5.74, 6) is 0.00529. The summed E-state index contributed by atoms with van der Waals surface area (Å²) < 4.78 is 8.37. The summed E-state index contributed by atoms with van der Waals surface area (Å²) in [4.78, 5) is 21.3. The summed E-state index contributed by atoms with van der Waals surface area (Å²) in [7, 11) is 0. The molecule has 0 spiro atoms. The van der Waals surface area contributed by atoms with E-state index in [0.29, 0.717) is 6.54 Å². The second-order valence-corrected chi connectivity index (χ2v) is 6.92. The number of pyridine rings is 1. The molecule has 1 N–H and O–H groups in total. The molecule has 0 atom stereocenters. The highest BCUT2D eigenvalue weighted by Crippen LogP contribution is 2.17. The van der Waals surface area contributed by atoms with E-state index in [1.807, 2.05) is 36.5 Å². The molecule has 4 rings (SSSR count). The van der Waals surface area contributed by atoms with Crippen molar-refractivity contribution in [1.82, 2.24) is 23.5 Å². The topological polar surface area (TPSA) is 74.2 Å². The van der Waals surface area contributed by atoms with Crippen LogP contribution in [0.5, 0.6) is 0 Å². The number of hydrogen-bond donors (Lipinski definition) is 1. The summed E-state index contributed by atoms with van der Waals surface area (Å²) >= 11 is 1.18. The highest BCUT2D eigenvalue weighted by atomic mass is 32.1. The van der Waals surface area contributed by atoms with Crippen LogP contribution in [-0.2, 0) is 11.3 Å². The number of carbonyl (C=O) groups is 1. The van der Waals surface area contributed by atoms with Gasteiger partial charge in [-0.2, -0.15) is 8.75 Å². The van der Waals surface area contributed by atoms with Gasteiger partial charge in [-0.15, -0.1) is 0 Å². The molecule has 1 fully saturated rings. The average Bonchev–Trinajstić information content (AvgIpc) is 3.12. The number of aromatic nitrogens is 3. The van der Waals surface area contributed by atoms with Crippen LogP contribution in [0.15, 0.2) is 42.6 Å². The van der Waals surface area contributed by atoms with Gasteiger partial charge in [0.1, 0.15) is 11.0 Å². The van der Waals surface area contributed by atoms with Gasteiger partial charge in [0.05, 0.1) is 24.0 Å². The van der Waals surface area contributed by atoms with Crippen LogP contribution in [0.3, 0.4) is 0 Å². The molecule has 1 saturated heterocycles. The Morgan fingerprint density at radius 3 is 2.65 bits per heavy atom. The fraction of sp³-hybridized carbons (Fsp3) is 0.333. The Balaban J connectivity index is 1.25. The monoisotopic (exact) mass is 368 g/mol. The summed E-state index contributed by atoms with van der Waals surface area (Å²) in [6.45, 7) is 4.93. The highest BCUT2D eigenvalue weighted by Gasteiger charge is 2.19. The number of amides is 1. The minimum absolute atomic E-state index is 0.00529. The molecule has 0 unspecified atom stereocenters. The zero-order valence-corrected chi connectivity index (χ0v) is 15.2. The maximum absolute atomic E-state index is 12.3. The van der Waals surface area contributed by atoms with Gasteiger partial charge in [0.2, 0.25) is 5.91 Å². The zero-order chi connectivity index (χ0) is 17.8. The molecule has 26 heavy (non-hydrogen) atoms. The molecule has 1 amide bonds. The predicted molar refractivity (Wildman–Crippen MR) is 102 cm³/mol. The first-order valence-electron chi connectivity index (χ1n) is 8.63. The van der Waals surface area contributed by atoms with E-state index in [2.05, 4.69) is 34.9 Å². The molecular weight excluding hydrogens is 348 g/mol. The second kappa shape index (κ2) is 7.86. The number of hydrogen-bond acceptors (Lipinski definition) is 7. The fourth-order valence-corrected chi connectivity index (χ4v) is 3.61. The predicted octanol–water partition coefficient (Wildman–Crippen LogP) is 1.84. The van der Waals surface area contributed by atoms with Crippen molar-refractivity contribution in [3.8, 4) is 0 Å². The SMILES string of the molecule is O=C(CN1CCN(Cc2ccccn2)CC1)Nc1ccc2nsnc2c1. The van der Waals surface area contributed by atoms with Crippen LogP contribution in [0.2, 0.25) is 0 Å². The Morgan fingerprint density at radius 1 is 1.04 bits per heavy atom. The van der Waals surface area contributed by atoms with E-state index in [9.17, 15) is 4.79 Å². The van der Waals surface area contributed by atoms with Crippen LogP contribution < -0.4 is 5.32 Å². The first kappa shape index (κ1) is 17.0. The Kier molecular flexibility index (Phi) is 5.14. The number of piperazine rings is 1. The van der Waals surface area contributed by atoms with Crippen molar-refractivity contribution in [3.63, 3.8) is 0 Å².